The molecule has 1 aromatic carbocycles. The number of anilines is 2. The summed E-state index contributed by atoms with van der Waals surface area (Å²) in [5.41, 5.74) is 11.2. The van der Waals surface area contributed by atoms with Crippen LogP contribution in [0.2, 0.25) is 0 Å². The minimum atomic E-state index is 0.512. The van der Waals surface area contributed by atoms with Crippen LogP contribution in [0.25, 0.3) is 22.3 Å². The van der Waals surface area contributed by atoms with E-state index in [9.17, 15) is 0 Å². The van der Waals surface area contributed by atoms with Gasteiger partial charge in [0, 0.05) is 61.5 Å². The van der Waals surface area contributed by atoms with E-state index in [0.29, 0.717) is 18.3 Å². The highest BCUT2D eigenvalue weighted by Crippen LogP contribution is 2.31. The van der Waals surface area contributed by atoms with Crippen molar-refractivity contribution in [2.24, 2.45) is 0 Å². The lowest BCUT2D eigenvalue weighted by molar-refractivity contribution is 0.273. The van der Waals surface area contributed by atoms with Gasteiger partial charge < -0.3 is 20.3 Å². The number of pyridine rings is 2. The summed E-state index contributed by atoms with van der Waals surface area (Å²) in [5, 5.41) is 0. The van der Waals surface area contributed by atoms with E-state index < -0.39 is 0 Å². The summed E-state index contributed by atoms with van der Waals surface area (Å²) in [6, 6.07) is 14.2. The van der Waals surface area contributed by atoms with Gasteiger partial charge in [0.2, 0.25) is 5.88 Å². The highest BCUT2D eigenvalue weighted by atomic mass is 16.5. The van der Waals surface area contributed by atoms with Gasteiger partial charge in [0.15, 0.2) is 0 Å². The lowest BCUT2D eigenvalue weighted by atomic mass is 10.0. The van der Waals surface area contributed by atoms with E-state index in [1.165, 1.54) is 0 Å². The monoisotopic (exact) mass is 391 g/mol. The van der Waals surface area contributed by atoms with Gasteiger partial charge in [-0.25, -0.2) is 9.97 Å². The predicted molar refractivity (Wildman–Crippen MR) is 120 cm³/mol. The first kappa shape index (κ1) is 20.6. The number of ether oxygens (including phenoxy) is 1. The van der Waals surface area contributed by atoms with Crippen molar-refractivity contribution in [1.29, 1.82) is 0 Å². The van der Waals surface area contributed by atoms with Crippen LogP contribution < -0.4 is 15.4 Å². The van der Waals surface area contributed by atoms with Crippen LogP contribution in [0.5, 0.6) is 5.88 Å². The number of nitrogens with two attached hydrogens (primary N) is 1. The molecule has 2 heterocycles. The molecule has 0 radical (unpaired) electrons. The van der Waals surface area contributed by atoms with Crippen LogP contribution in [0.3, 0.4) is 0 Å². The molecule has 0 atom stereocenters. The molecule has 0 spiro atoms. The summed E-state index contributed by atoms with van der Waals surface area (Å²) in [5.74, 6) is 1.15. The van der Waals surface area contributed by atoms with Gasteiger partial charge in [0.25, 0.3) is 0 Å². The Morgan fingerprint density at radius 2 is 1.69 bits per heavy atom. The molecule has 6 nitrogen and oxygen atoms in total. The molecule has 3 rings (SSSR count). The highest BCUT2D eigenvalue weighted by Gasteiger charge is 2.09. The van der Waals surface area contributed by atoms with Gasteiger partial charge in [-0.3, -0.25) is 0 Å². The van der Waals surface area contributed by atoms with Gasteiger partial charge in [-0.05, 0) is 50.3 Å². The van der Waals surface area contributed by atoms with Gasteiger partial charge in [-0.2, -0.15) is 0 Å². The third-order valence-corrected chi connectivity index (χ3v) is 4.66. The van der Waals surface area contributed by atoms with Crippen molar-refractivity contribution in [3.05, 3.63) is 54.9 Å². The van der Waals surface area contributed by atoms with E-state index in [4.69, 9.17) is 10.5 Å². The number of hydrogen-bond acceptors (Lipinski definition) is 6. The summed E-state index contributed by atoms with van der Waals surface area (Å²) in [6.07, 6.45) is 4.56. The smallest absolute Gasteiger partial charge is 0.213 e. The first-order valence-corrected chi connectivity index (χ1v) is 9.71. The zero-order chi connectivity index (χ0) is 20.8. The number of hydrogen-bond donors (Lipinski definition) is 1. The molecule has 152 valence electrons. The zero-order valence-electron chi connectivity index (χ0n) is 17.6. The van der Waals surface area contributed by atoms with Gasteiger partial charge in [0.1, 0.15) is 5.82 Å². The van der Waals surface area contributed by atoms with Crippen molar-refractivity contribution in [1.82, 2.24) is 14.9 Å². The molecule has 0 saturated heterocycles. The second-order valence-corrected chi connectivity index (χ2v) is 7.49. The molecule has 0 amide bonds. The lowest BCUT2D eigenvalue weighted by Crippen LogP contribution is -2.15. The fourth-order valence-corrected chi connectivity index (χ4v) is 3.01. The van der Waals surface area contributed by atoms with E-state index in [1.54, 1.807) is 6.20 Å². The highest BCUT2D eigenvalue weighted by molar-refractivity contribution is 5.80. The van der Waals surface area contributed by atoms with E-state index in [-0.39, 0.29) is 0 Å². The van der Waals surface area contributed by atoms with Gasteiger partial charge in [-0.1, -0.05) is 12.1 Å². The molecule has 0 aliphatic rings. The number of nitrogen functional groups attached to an aromatic ring is 1. The Hall–Kier alpha value is -3.12. The maximum Gasteiger partial charge on any atom is 0.213 e. The molecular formula is C23H29N5O. The summed E-state index contributed by atoms with van der Waals surface area (Å²) in [4.78, 5) is 13.0. The van der Waals surface area contributed by atoms with Crippen molar-refractivity contribution >= 4 is 11.5 Å². The Morgan fingerprint density at radius 1 is 0.897 bits per heavy atom. The molecule has 29 heavy (non-hydrogen) atoms. The van der Waals surface area contributed by atoms with Gasteiger partial charge in [-0.15, -0.1) is 0 Å². The second-order valence-electron chi connectivity index (χ2n) is 7.49. The fourth-order valence-electron chi connectivity index (χ4n) is 3.01. The first-order valence-electron chi connectivity index (χ1n) is 9.71. The topological polar surface area (TPSA) is 67.5 Å². The van der Waals surface area contributed by atoms with E-state index in [2.05, 4.69) is 52.1 Å². The molecule has 0 aliphatic carbocycles. The fraction of sp³-hybridized carbons (Fsp3) is 0.304. The van der Waals surface area contributed by atoms with Crippen molar-refractivity contribution in [3.8, 4) is 28.1 Å². The van der Waals surface area contributed by atoms with Crippen molar-refractivity contribution in [3.63, 3.8) is 0 Å². The van der Waals surface area contributed by atoms with Crippen LogP contribution in [0.4, 0.5) is 11.5 Å². The van der Waals surface area contributed by atoms with Crippen LogP contribution in [0.1, 0.15) is 6.42 Å². The average molecular weight is 392 g/mol. The minimum Gasteiger partial charge on any atom is -0.478 e. The van der Waals surface area contributed by atoms with Gasteiger partial charge in [0.05, 0.1) is 6.61 Å². The lowest BCUT2D eigenvalue weighted by Gasteiger charge is -2.15. The van der Waals surface area contributed by atoms with Crippen molar-refractivity contribution < 1.29 is 4.74 Å². The Labute approximate surface area is 173 Å². The molecule has 3 aromatic rings. The van der Waals surface area contributed by atoms with E-state index in [0.717, 1.165) is 40.9 Å². The average Bonchev–Trinajstić information content (AvgIpc) is 2.72. The Bertz CT molecular complexity index is 938. The summed E-state index contributed by atoms with van der Waals surface area (Å²) in [7, 11) is 8.15. The predicted octanol–water partition coefficient (Wildman–Crippen LogP) is 3.79. The van der Waals surface area contributed by atoms with Crippen LogP contribution in [0.15, 0.2) is 54.9 Å². The van der Waals surface area contributed by atoms with E-state index >= 15 is 0 Å². The molecule has 6 heteroatoms. The molecule has 0 aliphatic heterocycles. The zero-order valence-corrected chi connectivity index (χ0v) is 17.6. The molecule has 0 unspecified atom stereocenters. The molecule has 2 aromatic heterocycles. The molecule has 0 fully saturated rings. The summed E-state index contributed by atoms with van der Waals surface area (Å²) >= 11 is 0. The van der Waals surface area contributed by atoms with Crippen molar-refractivity contribution in [2.75, 3.05) is 52.0 Å². The molecule has 0 bridgehead atoms. The number of rotatable bonds is 8. The van der Waals surface area contributed by atoms with Crippen LogP contribution in [-0.4, -0.2) is 56.2 Å². The van der Waals surface area contributed by atoms with E-state index in [1.807, 2.05) is 44.6 Å². The molecule has 2 N–H and O–H groups in total. The van der Waals surface area contributed by atoms with Gasteiger partial charge >= 0.3 is 0 Å². The Kier molecular flexibility index (Phi) is 6.67. The van der Waals surface area contributed by atoms with Crippen LogP contribution in [-0.2, 0) is 0 Å². The quantitative estimate of drug-likeness (QED) is 0.589. The number of aromatic nitrogens is 2. The number of nitrogens with zero attached hydrogens (tertiary/aromatic N) is 4. The van der Waals surface area contributed by atoms with Crippen LogP contribution in [0, 0.1) is 0 Å². The summed E-state index contributed by atoms with van der Waals surface area (Å²) < 4.78 is 5.72. The largest absolute Gasteiger partial charge is 0.478 e. The van der Waals surface area contributed by atoms with Crippen molar-refractivity contribution in [2.45, 2.75) is 6.42 Å². The number of benzene rings is 1. The van der Waals surface area contributed by atoms with Crippen LogP contribution >= 0.6 is 0 Å². The first-order chi connectivity index (χ1) is 13.9. The normalized spacial score (nSPS) is 10.9. The SMILES string of the molecule is CN(C)CCCOc1ccc(-c2cnc(N)c(-c3cccc(N(C)C)c3)c2)cn1. The maximum absolute atomic E-state index is 6.18. The summed E-state index contributed by atoms with van der Waals surface area (Å²) in [6.45, 7) is 1.65. The Morgan fingerprint density at radius 3 is 2.38 bits per heavy atom. The maximum atomic E-state index is 6.18. The minimum absolute atomic E-state index is 0.512. The second kappa shape index (κ2) is 9.39. The third kappa shape index (κ3) is 5.45. The Balaban J connectivity index is 1.78. The standard InChI is InChI=1S/C23H29N5O/c1-27(2)11-6-12-29-22-10-9-18(15-25-22)19-14-21(23(24)26-16-19)17-7-5-8-20(13-17)28(3)4/h5,7-10,13-16H,6,11-12H2,1-4H3,(H2,24,26). The molecular weight excluding hydrogens is 362 g/mol. The molecule has 0 saturated carbocycles. The third-order valence-electron chi connectivity index (χ3n) is 4.66.